The molecule has 7 heterocycles. The minimum Gasteiger partial charge on any atom is -0.310 e. The highest BCUT2D eigenvalue weighted by Crippen LogP contribution is 2.48. The van der Waals surface area contributed by atoms with Gasteiger partial charge in [0.05, 0.1) is 27.6 Å². The van der Waals surface area contributed by atoms with E-state index in [-0.39, 0.29) is 39.2 Å². The number of hydrogen-bond donors (Lipinski definition) is 0. The number of hydrogen-bond acceptors (Lipinski definition) is 0. The summed E-state index contributed by atoms with van der Waals surface area (Å²) in [4.78, 5) is 0. The van der Waals surface area contributed by atoms with E-state index in [1.807, 2.05) is 0 Å². The van der Waals surface area contributed by atoms with Gasteiger partial charge in [0, 0.05) is 54.9 Å². The van der Waals surface area contributed by atoms with E-state index >= 15 is 0 Å². The summed E-state index contributed by atoms with van der Waals surface area (Å²) in [6.07, 6.45) is 0. The minimum atomic E-state index is -3.25. The van der Waals surface area contributed by atoms with Crippen LogP contribution in [0.5, 0.6) is 0 Å². The lowest BCUT2D eigenvalue weighted by Gasteiger charge is -2.43. The Hall–Kier alpha value is -7.34. The van der Waals surface area contributed by atoms with Crippen LogP contribution in [0.3, 0.4) is 0 Å². The molecule has 0 saturated carbocycles. The molecular formula is C78H78BN3Si. The Morgan fingerprint density at radius 2 is 0.831 bits per heavy atom. The van der Waals surface area contributed by atoms with E-state index in [1.54, 1.807) is 15.6 Å². The highest BCUT2D eigenvalue weighted by Gasteiger charge is 2.57. The van der Waals surface area contributed by atoms with Crippen LogP contribution in [0, 0.1) is 0 Å². The number of para-hydroxylation sites is 1. The lowest BCUT2D eigenvalue weighted by atomic mass is 9.33. The van der Waals surface area contributed by atoms with Gasteiger partial charge in [-0.3, -0.25) is 0 Å². The van der Waals surface area contributed by atoms with E-state index in [9.17, 15) is 0 Å². The molecule has 0 aliphatic carbocycles. The van der Waals surface area contributed by atoms with Gasteiger partial charge in [-0.05, 0) is 169 Å². The molecule has 16 rings (SSSR count). The van der Waals surface area contributed by atoms with E-state index < -0.39 is 8.07 Å². The number of nitrogens with zero attached hydrogens (tertiary/aromatic N) is 3. The molecule has 83 heavy (non-hydrogen) atoms. The molecule has 0 atom stereocenters. The van der Waals surface area contributed by atoms with Crippen LogP contribution in [0.4, 0.5) is 0 Å². The van der Waals surface area contributed by atoms with Gasteiger partial charge in [0.2, 0.25) is 0 Å². The Bertz CT molecular complexity index is 4890. The Morgan fingerprint density at radius 3 is 1.43 bits per heavy atom. The smallest absolute Gasteiger partial charge is 0.253 e. The second-order valence-corrected chi connectivity index (χ2v) is 35.5. The van der Waals surface area contributed by atoms with E-state index in [0.717, 1.165) is 0 Å². The minimum absolute atomic E-state index is 0.0524. The molecule has 0 saturated heterocycles. The standard InChI is InChI=1S/C78H78BN3Si/c1-73(2,3)43-27-31-58-56(34-43)66-61(80(58)49-22-20-19-21-23-49)42-55-50-28-24-44(74(4,5)6)38-60(50)81-59-32-33-62-72-67(59)79(68(66)71(55)81)57-37-47(77(13,14)15)35-53-54-36-48(78(16,17)18)41-65(70(54)82(72)69(53)57)83(62)63-39-45(75(7,8)9)25-29-51(63)52-30-26-46(40-64(52)83)76(10,11)12/h19-42H,1-18H3. The summed E-state index contributed by atoms with van der Waals surface area (Å²) in [6, 6.07) is 60.1. The number of benzene rings is 9. The highest BCUT2D eigenvalue weighted by molar-refractivity contribution is 7.24. The molecule has 3 nitrogen and oxygen atoms in total. The van der Waals surface area contributed by atoms with Gasteiger partial charge in [0.25, 0.3) is 6.71 Å². The fourth-order valence-electron chi connectivity index (χ4n) is 16.0. The van der Waals surface area contributed by atoms with Crippen molar-refractivity contribution in [3.63, 3.8) is 0 Å². The second-order valence-electron chi connectivity index (χ2n) is 31.9. The van der Waals surface area contributed by atoms with Gasteiger partial charge in [-0.15, -0.1) is 0 Å². The van der Waals surface area contributed by atoms with Crippen molar-refractivity contribution < 1.29 is 0 Å². The van der Waals surface area contributed by atoms with Gasteiger partial charge in [-0.2, -0.15) is 0 Å². The van der Waals surface area contributed by atoms with Gasteiger partial charge >= 0.3 is 0 Å². The van der Waals surface area contributed by atoms with Crippen LogP contribution in [0.25, 0.3) is 93.6 Å². The van der Waals surface area contributed by atoms with Gasteiger partial charge < -0.3 is 13.7 Å². The average Bonchev–Trinajstić information content (AvgIpc) is 1.92. The summed E-state index contributed by atoms with van der Waals surface area (Å²) in [6.45, 7) is 43.2. The summed E-state index contributed by atoms with van der Waals surface area (Å²) >= 11 is 0. The van der Waals surface area contributed by atoms with E-state index in [4.69, 9.17) is 0 Å². The van der Waals surface area contributed by atoms with Crippen molar-refractivity contribution in [1.82, 2.24) is 13.7 Å². The normalized spacial score (nSPS) is 15.2. The molecule has 3 aromatic heterocycles. The fraction of sp³-hybridized carbons (Fsp3) is 0.308. The van der Waals surface area contributed by atoms with E-state index in [2.05, 4.69) is 284 Å². The highest BCUT2D eigenvalue weighted by atomic mass is 28.3. The largest absolute Gasteiger partial charge is 0.310 e. The molecule has 5 heteroatoms. The van der Waals surface area contributed by atoms with Gasteiger partial charge in [-0.1, -0.05) is 216 Å². The van der Waals surface area contributed by atoms with Crippen LogP contribution in [0.1, 0.15) is 158 Å². The van der Waals surface area contributed by atoms with Gasteiger partial charge in [0.1, 0.15) is 0 Å². The van der Waals surface area contributed by atoms with Crippen LogP contribution in [-0.4, -0.2) is 28.5 Å². The van der Waals surface area contributed by atoms with Crippen molar-refractivity contribution >= 4 is 117 Å². The zero-order valence-corrected chi connectivity index (χ0v) is 53.3. The molecule has 0 N–H and O–H groups in total. The van der Waals surface area contributed by atoms with Gasteiger partial charge in [-0.25, -0.2) is 0 Å². The Kier molecular flexibility index (Phi) is 9.70. The summed E-state index contributed by atoms with van der Waals surface area (Å²) in [7, 11) is -3.25. The second kappa shape index (κ2) is 15.7. The molecule has 0 amide bonds. The molecule has 1 spiro atoms. The number of rotatable bonds is 1. The summed E-state index contributed by atoms with van der Waals surface area (Å²) < 4.78 is 8.25. The first-order valence-corrected chi connectivity index (χ1v) is 32.8. The Balaban J connectivity index is 1.20. The topological polar surface area (TPSA) is 14.8 Å². The fourth-order valence-corrected chi connectivity index (χ4v) is 21.6. The molecular weight excluding hydrogens is 1020 g/mol. The van der Waals surface area contributed by atoms with Crippen LogP contribution in [-0.2, 0) is 32.5 Å². The lowest BCUT2D eigenvalue weighted by molar-refractivity contribution is 0.590. The predicted molar refractivity (Wildman–Crippen MR) is 362 cm³/mol. The third-order valence-corrected chi connectivity index (χ3v) is 25.4. The molecule has 4 aliphatic heterocycles. The quantitative estimate of drug-likeness (QED) is 0.146. The molecule has 4 aliphatic rings. The van der Waals surface area contributed by atoms with E-state index in [1.165, 1.54) is 149 Å². The van der Waals surface area contributed by atoms with Crippen molar-refractivity contribution in [2.75, 3.05) is 0 Å². The molecule has 412 valence electrons. The molecule has 12 aromatic rings. The van der Waals surface area contributed by atoms with Crippen LogP contribution >= 0.6 is 0 Å². The van der Waals surface area contributed by atoms with E-state index in [0.29, 0.717) is 0 Å². The van der Waals surface area contributed by atoms with Crippen molar-refractivity contribution in [3.05, 3.63) is 179 Å². The summed E-state index contributed by atoms with van der Waals surface area (Å²) in [5.74, 6) is 0. The van der Waals surface area contributed by atoms with Crippen molar-refractivity contribution in [2.45, 2.75) is 157 Å². The summed E-state index contributed by atoms with van der Waals surface area (Å²) in [5.41, 5.74) is 26.9. The maximum atomic E-state index is 2.87. The lowest BCUT2D eigenvalue weighted by Crippen LogP contribution is -2.77. The zero-order valence-electron chi connectivity index (χ0n) is 52.3. The maximum Gasteiger partial charge on any atom is 0.253 e. The van der Waals surface area contributed by atoms with Crippen molar-refractivity contribution in [3.8, 4) is 28.2 Å². The van der Waals surface area contributed by atoms with Crippen molar-refractivity contribution in [1.29, 1.82) is 0 Å². The third kappa shape index (κ3) is 6.53. The van der Waals surface area contributed by atoms with Gasteiger partial charge in [0.15, 0.2) is 8.07 Å². The first kappa shape index (κ1) is 51.3. The van der Waals surface area contributed by atoms with Crippen LogP contribution in [0.2, 0.25) is 0 Å². The molecule has 0 unspecified atom stereocenters. The van der Waals surface area contributed by atoms with Crippen molar-refractivity contribution in [2.24, 2.45) is 0 Å². The molecule has 9 aromatic carbocycles. The Labute approximate surface area is 492 Å². The molecule has 0 radical (unpaired) electrons. The van der Waals surface area contributed by atoms with Crippen LogP contribution in [0.15, 0.2) is 146 Å². The third-order valence-electron chi connectivity index (χ3n) is 20.5. The Morgan fingerprint density at radius 1 is 0.325 bits per heavy atom. The maximum absolute atomic E-state index is 3.25. The SMILES string of the molecule is CC(C)(C)c1ccc2c(c1)[Si]1(c3cc(C(C)(C)C)ccc3-2)c2ccc3c4c2-n2c5c(cc(C(C)(C)C)cc5c5cc(C(C)(C)C)cc1c52)B4c1c2c4cc(C(C)(C)C)ccc4n(-c4ccccc4)c2cc2c4ccc(C(C)(C)C)cc4n-3c12. The van der Waals surface area contributed by atoms with Crippen LogP contribution < -0.4 is 37.1 Å². The predicted octanol–water partition coefficient (Wildman–Crippen LogP) is 15.6. The number of fused-ring (bicyclic) bond motifs is 18. The zero-order chi connectivity index (χ0) is 58.1. The average molecular weight is 1100 g/mol. The molecule has 0 fully saturated rings. The molecule has 0 bridgehead atoms. The summed E-state index contributed by atoms with van der Waals surface area (Å²) in [5, 5.41) is 14.3. The monoisotopic (exact) mass is 1100 g/mol. The number of aromatic nitrogens is 3. The first-order chi connectivity index (χ1) is 39.0. The first-order valence-electron chi connectivity index (χ1n) is 30.8.